The fraction of sp³-hybridized carbons (Fsp3) is 0.269. The Morgan fingerprint density at radius 3 is 2.82 bits per heavy atom. The number of fused-ring (bicyclic) bond motifs is 2. The lowest BCUT2D eigenvalue weighted by Crippen LogP contribution is -2.24. The molecule has 5 rings (SSSR count). The highest BCUT2D eigenvalue weighted by atomic mass is 16.3. The maximum Gasteiger partial charge on any atom is 0.266 e. The Labute approximate surface area is 191 Å². The largest absolute Gasteiger partial charge is 0.454 e. The molecular formula is C26H27N5O2. The second kappa shape index (κ2) is 9.03. The number of hydrogen-bond acceptors (Lipinski definition) is 5. The smallest absolute Gasteiger partial charge is 0.266 e. The van der Waals surface area contributed by atoms with Crippen molar-refractivity contribution in [2.24, 2.45) is 0 Å². The van der Waals surface area contributed by atoms with E-state index in [-0.39, 0.29) is 5.56 Å². The highest BCUT2D eigenvalue weighted by molar-refractivity contribution is 5.83. The molecule has 0 N–H and O–H groups in total. The first kappa shape index (κ1) is 21.2. The molecule has 0 unspecified atom stereocenters. The summed E-state index contributed by atoms with van der Waals surface area (Å²) >= 11 is 0. The first-order valence-electron chi connectivity index (χ1n) is 11.3. The molecule has 33 heavy (non-hydrogen) atoms. The molecule has 0 saturated carbocycles. The van der Waals surface area contributed by atoms with E-state index in [0.717, 1.165) is 36.2 Å². The molecule has 0 spiro atoms. The first-order valence-corrected chi connectivity index (χ1v) is 11.3. The molecule has 0 bridgehead atoms. The Morgan fingerprint density at radius 1 is 1.09 bits per heavy atom. The number of nitrogens with zero attached hydrogens (tertiary/aromatic N) is 5. The van der Waals surface area contributed by atoms with Crippen molar-refractivity contribution in [3.05, 3.63) is 77.5 Å². The number of likely N-dealkylation sites (N-methyl/N-ethyl adjacent to an activating group) is 1. The molecule has 0 radical (unpaired) electrons. The monoisotopic (exact) mass is 441 g/mol. The van der Waals surface area contributed by atoms with Gasteiger partial charge in [-0.1, -0.05) is 19.4 Å². The number of benzene rings is 1. The summed E-state index contributed by atoms with van der Waals surface area (Å²) in [5.74, 6) is 0.584. The van der Waals surface area contributed by atoms with Crippen LogP contribution in [0.1, 0.15) is 19.8 Å². The van der Waals surface area contributed by atoms with Gasteiger partial charge in [0.25, 0.3) is 5.56 Å². The van der Waals surface area contributed by atoms with Crippen LogP contribution in [0.15, 0.2) is 76.3 Å². The standard InChI is InChI=1S/C26H27N5O2/c1-3-4-12-29(2)14-15-31-23-9-8-20(16-19(23)18-28-31)30-13-10-24-21(26(30)32)17-25(33-24)22-7-5-6-11-27-22/h5-11,13,16-18H,3-4,12,14-15H2,1-2H3. The van der Waals surface area contributed by atoms with Crippen molar-refractivity contribution >= 4 is 21.9 Å². The van der Waals surface area contributed by atoms with E-state index in [1.165, 1.54) is 12.8 Å². The third-order valence-corrected chi connectivity index (χ3v) is 5.99. The van der Waals surface area contributed by atoms with Crippen LogP contribution < -0.4 is 5.56 Å². The van der Waals surface area contributed by atoms with E-state index in [0.29, 0.717) is 22.4 Å². The van der Waals surface area contributed by atoms with Gasteiger partial charge >= 0.3 is 0 Å². The zero-order valence-corrected chi connectivity index (χ0v) is 18.9. The Kier molecular flexibility index (Phi) is 5.79. The van der Waals surface area contributed by atoms with Gasteiger partial charge < -0.3 is 9.32 Å². The minimum atomic E-state index is -0.122. The Balaban J connectivity index is 1.43. The fourth-order valence-electron chi connectivity index (χ4n) is 4.08. The van der Waals surface area contributed by atoms with E-state index in [1.807, 2.05) is 53.3 Å². The van der Waals surface area contributed by atoms with Gasteiger partial charge in [0.1, 0.15) is 11.3 Å². The van der Waals surface area contributed by atoms with Crippen LogP contribution in [0.2, 0.25) is 0 Å². The number of aromatic nitrogens is 4. The van der Waals surface area contributed by atoms with Crippen LogP contribution in [0.4, 0.5) is 0 Å². The van der Waals surface area contributed by atoms with Crippen LogP contribution in [0.25, 0.3) is 39.0 Å². The second-order valence-electron chi connectivity index (χ2n) is 8.36. The third kappa shape index (κ3) is 4.19. The number of furan rings is 1. The van der Waals surface area contributed by atoms with Crippen LogP contribution in [0, 0.1) is 0 Å². The van der Waals surface area contributed by atoms with Crippen molar-refractivity contribution in [2.45, 2.75) is 26.3 Å². The molecule has 7 heteroatoms. The summed E-state index contributed by atoms with van der Waals surface area (Å²) in [5, 5.41) is 6.12. The molecule has 5 aromatic rings. The summed E-state index contributed by atoms with van der Waals surface area (Å²) in [6.07, 6.45) is 7.74. The minimum absolute atomic E-state index is 0.122. The van der Waals surface area contributed by atoms with Crippen LogP contribution in [0.5, 0.6) is 0 Å². The lowest BCUT2D eigenvalue weighted by Gasteiger charge is -2.16. The fourth-order valence-corrected chi connectivity index (χ4v) is 4.08. The normalized spacial score (nSPS) is 11.7. The maximum absolute atomic E-state index is 13.2. The number of rotatable bonds is 8. The highest BCUT2D eigenvalue weighted by Gasteiger charge is 2.13. The Bertz CT molecular complexity index is 1450. The lowest BCUT2D eigenvalue weighted by molar-refractivity contribution is 0.309. The van der Waals surface area contributed by atoms with Gasteiger partial charge in [0.2, 0.25) is 0 Å². The van der Waals surface area contributed by atoms with Crippen LogP contribution in [-0.2, 0) is 6.54 Å². The summed E-state index contributed by atoms with van der Waals surface area (Å²) in [6, 6.07) is 15.2. The van der Waals surface area contributed by atoms with Gasteiger partial charge in [-0.15, -0.1) is 0 Å². The summed E-state index contributed by atoms with van der Waals surface area (Å²) in [4.78, 5) is 19.9. The van der Waals surface area contributed by atoms with Crippen molar-refractivity contribution in [1.29, 1.82) is 0 Å². The molecular weight excluding hydrogens is 414 g/mol. The third-order valence-electron chi connectivity index (χ3n) is 5.99. The van der Waals surface area contributed by atoms with Gasteiger partial charge in [-0.3, -0.25) is 19.0 Å². The van der Waals surface area contributed by atoms with Gasteiger partial charge in [0, 0.05) is 30.0 Å². The Morgan fingerprint density at radius 2 is 2.00 bits per heavy atom. The van der Waals surface area contributed by atoms with E-state index < -0.39 is 0 Å². The summed E-state index contributed by atoms with van der Waals surface area (Å²) in [6.45, 7) is 5.09. The molecule has 0 saturated heterocycles. The van der Waals surface area contributed by atoms with E-state index in [9.17, 15) is 4.79 Å². The van der Waals surface area contributed by atoms with Gasteiger partial charge in [0.15, 0.2) is 5.76 Å². The quantitative estimate of drug-likeness (QED) is 0.348. The number of hydrogen-bond donors (Lipinski definition) is 0. The Hall–Kier alpha value is -3.71. The predicted molar refractivity (Wildman–Crippen MR) is 131 cm³/mol. The molecule has 0 aliphatic rings. The van der Waals surface area contributed by atoms with Crippen LogP contribution in [-0.4, -0.2) is 44.4 Å². The van der Waals surface area contributed by atoms with E-state index >= 15 is 0 Å². The van der Waals surface area contributed by atoms with Crippen LogP contribution >= 0.6 is 0 Å². The number of pyridine rings is 2. The zero-order valence-electron chi connectivity index (χ0n) is 18.9. The minimum Gasteiger partial charge on any atom is -0.454 e. The van der Waals surface area contributed by atoms with Gasteiger partial charge in [0.05, 0.1) is 23.6 Å². The van der Waals surface area contributed by atoms with Crippen LogP contribution in [0.3, 0.4) is 0 Å². The highest BCUT2D eigenvalue weighted by Crippen LogP contribution is 2.25. The SMILES string of the molecule is CCCCN(C)CCn1ncc2cc(-n3ccc4oc(-c5ccccn5)cc4c3=O)ccc21. The molecule has 0 atom stereocenters. The maximum atomic E-state index is 13.2. The first-order chi connectivity index (χ1) is 16.1. The average Bonchev–Trinajstić information content (AvgIpc) is 3.46. The number of unbranched alkanes of at least 4 members (excludes halogenated alkanes) is 1. The molecule has 4 heterocycles. The van der Waals surface area contributed by atoms with E-state index in [4.69, 9.17) is 4.42 Å². The molecule has 0 aliphatic heterocycles. The predicted octanol–water partition coefficient (Wildman–Crippen LogP) is 4.73. The summed E-state index contributed by atoms with van der Waals surface area (Å²) in [5.41, 5.74) is 3.00. The van der Waals surface area contributed by atoms with Gasteiger partial charge in [-0.05, 0) is 62.5 Å². The van der Waals surface area contributed by atoms with Crippen molar-refractivity contribution in [3.8, 4) is 17.1 Å². The average molecular weight is 442 g/mol. The van der Waals surface area contributed by atoms with Crippen molar-refractivity contribution in [3.63, 3.8) is 0 Å². The van der Waals surface area contributed by atoms with Gasteiger partial charge in [-0.25, -0.2) is 0 Å². The molecule has 4 aromatic heterocycles. The molecule has 7 nitrogen and oxygen atoms in total. The second-order valence-corrected chi connectivity index (χ2v) is 8.36. The van der Waals surface area contributed by atoms with Gasteiger partial charge in [-0.2, -0.15) is 5.10 Å². The molecule has 0 amide bonds. The summed E-state index contributed by atoms with van der Waals surface area (Å²) < 4.78 is 9.56. The van der Waals surface area contributed by atoms with E-state index in [1.54, 1.807) is 23.0 Å². The topological polar surface area (TPSA) is 69.1 Å². The van der Waals surface area contributed by atoms with E-state index in [2.05, 4.69) is 29.0 Å². The molecule has 1 aromatic carbocycles. The summed E-state index contributed by atoms with van der Waals surface area (Å²) in [7, 11) is 2.15. The molecule has 168 valence electrons. The molecule has 0 aliphatic carbocycles. The van der Waals surface area contributed by atoms with Crippen molar-refractivity contribution < 1.29 is 4.42 Å². The van der Waals surface area contributed by atoms with Crippen molar-refractivity contribution in [2.75, 3.05) is 20.1 Å². The zero-order chi connectivity index (χ0) is 22.8. The molecule has 0 fully saturated rings. The lowest BCUT2D eigenvalue weighted by atomic mass is 10.2. The van der Waals surface area contributed by atoms with Crippen molar-refractivity contribution in [1.82, 2.24) is 24.2 Å².